The predicted octanol–water partition coefficient (Wildman–Crippen LogP) is 1.70. The van der Waals surface area contributed by atoms with Crippen LogP contribution in [0.4, 0.5) is 0 Å². The van der Waals surface area contributed by atoms with Gasteiger partial charge < -0.3 is 5.32 Å². The molecule has 0 amide bonds. The Balaban J connectivity index is 2.63. The van der Waals surface area contributed by atoms with Crippen molar-refractivity contribution in [3.8, 4) is 0 Å². The SMILES string of the molecule is ClC1=N\CCCN/C(Cl)=C\1. The lowest BCUT2D eigenvalue weighted by Gasteiger charge is -2.05. The molecule has 0 aromatic carbocycles. The summed E-state index contributed by atoms with van der Waals surface area (Å²) in [6, 6.07) is 0. The van der Waals surface area contributed by atoms with Crippen LogP contribution in [0.25, 0.3) is 0 Å². The number of aliphatic imine (C=N–C) groups is 1. The van der Waals surface area contributed by atoms with Gasteiger partial charge in [-0.15, -0.1) is 0 Å². The molecule has 1 N–H and O–H groups in total. The van der Waals surface area contributed by atoms with Crippen molar-refractivity contribution in [2.24, 2.45) is 4.99 Å². The third-order valence-electron chi connectivity index (χ3n) is 1.14. The molecular weight excluding hydrogens is 171 g/mol. The molecule has 0 bridgehead atoms. The number of rotatable bonds is 0. The smallest absolute Gasteiger partial charge is 0.126 e. The summed E-state index contributed by atoms with van der Waals surface area (Å²) in [5.41, 5.74) is 0. The summed E-state index contributed by atoms with van der Waals surface area (Å²) in [4.78, 5) is 4.02. The lowest BCUT2D eigenvalue weighted by atomic mass is 10.4. The molecule has 2 nitrogen and oxygen atoms in total. The minimum atomic E-state index is 0.470. The lowest BCUT2D eigenvalue weighted by Crippen LogP contribution is -2.14. The van der Waals surface area contributed by atoms with Crippen LogP contribution >= 0.6 is 23.2 Å². The van der Waals surface area contributed by atoms with Crippen molar-refractivity contribution in [1.82, 2.24) is 5.32 Å². The van der Waals surface area contributed by atoms with Crippen molar-refractivity contribution in [3.63, 3.8) is 0 Å². The highest BCUT2D eigenvalue weighted by Gasteiger charge is 1.97. The molecule has 0 saturated carbocycles. The molecule has 0 fully saturated rings. The highest BCUT2D eigenvalue weighted by molar-refractivity contribution is 6.69. The average Bonchev–Trinajstić information content (AvgIpc) is 1.83. The first-order valence-electron chi connectivity index (χ1n) is 3.10. The van der Waals surface area contributed by atoms with Crippen LogP contribution in [0.5, 0.6) is 0 Å². The molecule has 1 heterocycles. The molecule has 56 valence electrons. The van der Waals surface area contributed by atoms with Gasteiger partial charge in [-0.05, 0) is 6.42 Å². The van der Waals surface area contributed by atoms with Crippen LogP contribution < -0.4 is 5.32 Å². The Bertz CT molecular complexity index is 175. The Kier molecular flexibility index (Phi) is 3.03. The van der Waals surface area contributed by atoms with Crippen molar-refractivity contribution >= 4 is 28.4 Å². The fraction of sp³-hybridized carbons (Fsp3) is 0.500. The summed E-state index contributed by atoms with van der Waals surface area (Å²) in [6.07, 6.45) is 2.59. The average molecular weight is 179 g/mol. The molecule has 0 aliphatic carbocycles. The van der Waals surface area contributed by atoms with E-state index in [0.717, 1.165) is 19.5 Å². The van der Waals surface area contributed by atoms with Crippen LogP contribution in [0.15, 0.2) is 16.2 Å². The molecule has 10 heavy (non-hydrogen) atoms. The lowest BCUT2D eigenvalue weighted by molar-refractivity contribution is 0.750. The van der Waals surface area contributed by atoms with E-state index in [4.69, 9.17) is 23.2 Å². The number of nitrogens with one attached hydrogen (secondary N) is 1. The highest BCUT2D eigenvalue weighted by Crippen LogP contribution is 2.02. The molecule has 1 aliphatic heterocycles. The Hall–Kier alpha value is -0.210. The summed E-state index contributed by atoms with van der Waals surface area (Å²) in [5, 5.41) is 4.01. The van der Waals surface area contributed by atoms with Crippen molar-refractivity contribution in [2.75, 3.05) is 13.1 Å². The van der Waals surface area contributed by atoms with E-state index in [-0.39, 0.29) is 0 Å². The van der Waals surface area contributed by atoms with Crippen LogP contribution in [-0.2, 0) is 0 Å². The fourth-order valence-corrected chi connectivity index (χ4v) is 1.12. The molecule has 0 aromatic rings. The van der Waals surface area contributed by atoms with Gasteiger partial charge in [0.05, 0.1) is 0 Å². The minimum absolute atomic E-state index is 0.470. The van der Waals surface area contributed by atoms with Crippen LogP contribution in [0.2, 0.25) is 0 Å². The molecule has 0 atom stereocenters. The van der Waals surface area contributed by atoms with Gasteiger partial charge in [-0.25, -0.2) is 0 Å². The highest BCUT2D eigenvalue weighted by atomic mass is 35.5. The van der Waals surface area contributed by atoms with Gasteiger partial charge in [-0.2, -0.15) is 0 Å². The molecule has 0 radical (unpaired) electrons. The van der Waals surface area contributed by atoms with E-state index in [1.54, 1.807) is 6.08 Å². The number of hydrogen-bond donors (Lipinski definition) is 1. The van der Waals surface area contributed by atoms with Gasteiger partial charge in [0.2, 0.25) is 0 Å². The van der Waals surface area contributed by atoms with Crippen molar-refractivity contribution in [3.05, 3.63) is 11.2 Å². The standard InChI is InChI=1S/C6H8Cl2N2/c7-5-4-6(8)10-3-1-2-9-5/h4,9H,1-3H2/b5-4-,10-6-. The largest absolute Gasteiger partial charge is 0.376 e. The maximum absolute atomic E-state index is 5.67. The molecule has 1 rings (SSSR count). The van der Waals surface area contributed by atoms with Crippen molar-refractivity contribution in [2.45, 2.75) is 6.42 Å². The molecule has 0 spiro atoms. The van der Waals surface area contributed by atoms with Crippen LogP contribution in [0.1, 0.15) is 6.42 Å². The number of halogens is 2. The van der Waals surface area contributed by atoms with E-state index in [9.17, 15) is 0 Å². The molecule has 0 unspecified atom stereocenters. The zero-order chi connectivity index (χ0) is 7.40. The Labute approximate surface area is 69.9 Å². The topological polar surface area (TPSA) is 24.4 Å². The summed E-state index contributed by atoms with van der Waals surface area (Å²) in [5.74, 6) is 0. The van der Waals surface area contributed by atoms with Gasteiger partial charge in [0.25, 0.3) is 0 Å². The van der Waals surface area contributed by atoms with E-state index < -0.39 is 0 Å². The molecule has 4 heteroatoms. The van der Waals surface area contributed by atoms with E-state index in [2.05, 4.69) is 10.3 Å². The molecule has 0 aromatic heterocycles. The second-order valence-electron chi connectivity index (χ2n) is 1.98. The van der Waals surface area contributed by atoms with Gasteiger partial charge in [0.15, 0.2) is 0 Å². The van der Waals surface area contributed by atoms with Crippen molar-refractivity contribution in [1.29, 1.82) is 0 Å². The summed E-state index contributed by atoms with van der Waals surface area (Å²) >= 11 is 11.3. The van der Waals surface area contributed by atoms with Gasteiger partial charge >= 0.3 is 0 Å². The first-order chi connectivity index (χ1) is 4.79. The quantitative estimate of drug-likeness (QED) is 0.562. The van der Waals surface area contributed by atoms with Crippen LogP contribution in [0.3, 0.4) is 0 Å². The zero-order valence-electron chi connectivity index (χ0n) is 5.40. The molecule has 1 aliphatic rings. The second-order valence-corrected chi connectivity index (χ2v) is 2.77. The zero-order valence-corrected chi connectivity index (χ0v) is 6.91. The maximum Gasteiger partial charge on any atom is 0.126 e. The van der Waals surface area contributed by atoms with E-state index in [1.807, 2.05) is 0 Å². The van der Waals surface area contributed by atoms with Gasteiger partial charge in [-0.3, -0.25) is 4.99 Å². The predicted molar refractivity (Wildman–Crippen MR) is 44.7 cm³/mol. The monoisotopic (exact) mass is 178 g/mol. The summed E-state index contributed by atoms with van der Waals surface area (Å²) < 4.78 is 0. The summed E-state index contributed by atoms with van der Waals surface area (Å²) in [6.45, 7) is 1.63. The Morgan fingerprint density at radius 2 is 2.30 bits per heavy atom. The van der Waals surface area contributed by atoms with E-state index in [1.165, 1.54) is 0 Å². The first-order valence-corrected chi connectivity index (χ1v) is 3.85. The van der Waals surface area contributed by atoms with Crippen LogP contribution in [0, 0.1) is 0 Å². The van der Waals surface area contributed by atoms with Gasteiger partial charge in [-0.1, -0.05) is 23.2 Å². The van der Waals surface area contributed by atoms with Gasteiger partial charge in [0.1, 0.15) is 10.3 Å². The maximum atomic E-state index is 5.67. The van der Waals surface area contributed by atoms with Crippen LogP contribution in [-0.4, -0.2) is 18.3 Å². The first kappa shape index (κ1) is 7.89. The van der Waals surface area contributed by atoms with Gasteiger partial charge in [0, 0.05) is 19.2 Å². The Morgan fingerprint density at radius 1 is 1.50 bits per heavy atom. The normalized spacial score (nSPS) is 30.2. The molecular formula is C6H8Cl2N2. The molecule has 0 saturated heterocycles. The summed E-state index contributed by atoms with van der Waals surface area (Å²) in [7, 11) is 0. The Morgan fingerprint density at radius 3 is 3.10 bits per heavy atom. The fourth-order valence-electron chi connectivity index (χ4n) is 0.674. The number of nitrogens with zero attached hydrogens (tertiary/aromatic N) is 1. The van der Waals surface area contributed by atoms with E-state index >= 15 is 0 Å². The third-order valence-corrected chi connectivity index (χ3v) is 1.61. The minimum Gasteiger partial charge on any atom is -0.376 e. The van der Waals surface area contributed by atoms with Crippen molar-refractivity contribution < 1.29 is 0 Å². The van der Waals surface area contributed by atoms with E-state index in [0.29, 0.717) is 10.3 Å². The number of allylic oxidation sites excluding steroid dienone is 1. The third kappa shape index (κ3) is 2.58. The number of hydrogen-bond acceptors (Lipinski definition) is 2. The second kappa shape index (κ2) is 3.84.